The number of terminal acetylenes is 1. The summed E-state index contributed by atoms with van der Waals surface area (Å²) in [5, 5.41) is 2.94. The highest BCUT2D eigenvalue weighted by Gasteiger charge is 2.32. The third-order valence-corrected chi connectivity index (χ3v) is 4.59. The summed E-state index contributed by atoms with van der Waals surface area (Å²) in [5.74, 6) is 4.03. The molecule has 26 heavy (non-hydrogen) atoms. The number of methoxy groups -OCH3 is 2. The van der Waals surface area contributed by atoms with Crippen molar-refractivity contribution in [3.63, 3.8) is 0 Å². The number of carbonyl (C=O) groups excluding carboxylic acids is 1. The summed E-state index contributed by atoms with van der Waals surface area (Å²) >= 11 is 0. The van der Waals surface area contributed by atoms with Crippen LogP contribution in [-0.2, 0) is 0 Å². The molecule has 0 radical (unpaired) electrons. The van der Waals surface area contributed by atoms with Crippen molar-refractivity contribution in [1.29, 1.82) is 0 Å². The van der Waals surface area contributed by atoms with E-state index in [-0.39, 0.29) is 12.1 Å². The van der Waals surface area contributed by atoms with Crippen LogP contribution in [0.3, 0.4) is 0 Å². The number of hydrogen-bond donors (Lipinski definition) is 1. The van der Waals surface area contributed by atoms with Crippen LogP contribution in [0.25, 0.3) is 0 Å². The summed E-state index contributed by atoms with van der Waals surface area (Å²) in [4.78, 5) is 14.7. The highest BCUT2D eigenvalue weighted by molar-refractivity contribution is 5.90. The van der Waals surface area contributed by atoms with Crippen molar-refractivity contribution in [1.82, 2.24) is 4.90 Å². The first kappa shape index (κ1) is 17.7. The van der Waals surface area contributed by atoms with Gasteiger partial charge in [-0.15, -0.1) is 6.42 Å². The molecule has 1 aliphatic heterocycles. The molecule has 0 bridgehead atoms. The lowest BCUT2D eigenvalue weighted by atomic mass is 10.0. The standard InChI is InChI=1S/C21H22N2O3/c1-4-15-7-5-8-16(13-15)22-21(24)23-12-6-9-19(23)18-11-10-17(25-2)14-20(18)26-3/h1,5,7-8,10-11,13-14,19H,6,9,12H2,2-3H3,(H,22,24). The lowest BCUT2D eigenvalue weighted by Gasteiger charge is -2.26. The average Bonchev–Trinajstić information content (AvgIpc) is 3.17. The number of rotatable bonds is 4. The molecule has 0 spiro atoms. The van der Waals surface area contributed by atoms with E-state index in [0.717, 1.165) is 35.5 Å². The Morgan fingerprint density at radius 2 is 2.08 bits per heavy atom. The van der Waals surface area contributed by atoms with Crippen LogP contribution in [0, 0.1) is 12.3 Å². The fourth-order valence-corrected chi connectivity index (χ4v) is 3.31. The molecule has 5 nitrogen and oxygen atoms in total. The highest BCUT2D eigenvalue weighted by atomic mass is 16.5. The predicted molar refractivity (Wildman–Crippen MR) is 102 cm³/mol. The molecule has 1 fully saturated rings. The first-order valence-corrected chi connectivity index (χ1v) is 8.52. The van der Waals surface area contributed by atoms with Crippen molar-refractivity contribution >= 4 is 11.7 Å². The summed E-state index contributed by atoms with van der Waals surface area (Å²) in [7, 11) is 3.25. The molecule has 1 N–H and O–H groups in total. The van der Waals surface area contributed by atoms with E-state index in [1.165, 1.54) is 0 Å². The van der Waals surface area contributed by atoms with Crippen molar-refractivity contribution in [2.75, 3.05) is 26.1 Å². The number of amides is 2. The van der Waals surface area contributed by atoms with E-state index in [9.17, 15) is 4.79 Å². The summed E-state index contributed by atoms with van der Waals surface area (Å²) in [6.07, 6.45) is 7.26. The highest BCUT2D eigenvalue weighted by Crippen LogP contribution is 2.38. The van der Waals surface area contributed by atoms with E-state index in [0.29, 0.717) is 12.2 Å². The maximum absolute atomic E-state index is 12.8. The topological polar surface area (TPSA) is 50.8 Å². The van der Waals surface area contributed by atoms with Gasteiger partial charge in [-0.2, -0.15) is 0 Å². The Balaban J connectivity index is 1.81. The Labute approximate surface area is 153 Å². The van der Waals surface area contributed by atoms with Gasteiger partial charge in [-0.05, 0) is 43.2 Å². The average molecular weight is 350 g/mol. The molecular weight excluding hydrogens is 328 g/mol. The van der Waals surface area contributed by atoms with Crippen LogP contribution in [0.2, 0.25) is 0 Å². The Bertz CT molecular complexity index is 841. The number of anilines is 1. The molecule has 1 heterocycles. The molecule has 3 rings (SSSR count). The minimum absolute atomic E-state index is 0.0355. The maximum Gasteiger partial charge on any atom is 0.322 e. The Morgan fingerprint density at radius 1 is 1.23 bits per heavy atom. The quantitative estimate of drug-likeness (QED) is 0.846. The van der Waals surface area contributed by atoms with Crippen LogP contribution >= 0.6 is 0 Å². The zero-order chi connectivity index (χ0) is 18.5. The number of nitrogens with zero attached hydrogens (tertiary/aromatic N) is 1. The molecule has 1 saturated heterocycles. The Kier molecular flexibility index (Phi) is 5.33. The molecule has 134 valence electrons. The molecule has 2 amide bonds. The molecule has 0 saturated carbocycles. The number of hydrogen-bond acceptors (Lipinski definition) is 3. The largest absolute Gasteiger partial charge is 0.497 e. The SMILES string of the molecule is C#Cc1cccc(NC(=O)N2CCCC2c2ccc(OC)cc2OC)c1. The second kappa shape index (κ2) is 7.83. The minimum atomic E-state index is -0.139. The molecule has 1 unspecified atom stereocenters. The van der Waals surface area contributed by atoms with Gasteiger partial charge in [0.05, 0.1) is 20.3 Å². The van der Waals surface area contributed by atoms with Crippen molar-refractivity contribution in [3.05, 3.63) is 53.6 Å². The van der Waals surface area contributed by atoms with Gasteiger partial charge in [-0.25, -0.2) is 4.79 Å². The molecule has 0 aliphatic carbocycles. The van der Waals surface area contributed by atoms with E-state index < -0.39 is 0 Å². The van der Waals surface area contributed by atoms with Crippen molar-refractivity contribution in [3.8, 4) is 23.8 Å². The number of likely N-dealkylation sites (tertiary alicyclic amines) is 1. The number of benzene rings is 2. The third-order valence-electron chi connectivity index (χ3n) is 4.59. The lowest BCUT2D eigenvalue weighted by molar-refractivity contribution is 0.206. The van der Waals surface area contributed by atoms with E-state index in [1.807, 2.05) is 41.3 Å². The summed E-state index contributed by atoms with van der Waals surface area (Å²) in [6.45, 7) is 0.695. The van der Waals surface area contributed by atoms with Crippen LogP contribution in [0.15, 0.2) is 42.5 Å². The maximum atomic E-state index is 12.8. The van der Waals surface area contributed by atoms with Gasteiger partial charge in [-0.1, -0.05) is 12.0 Å². The second-order valence-corrected chi connectivity index (χ2v) is 6.11. The molecule has 1 aliphatic rings. The van der Waals surface area contributed by atoms with Gasteiger partial charge in [0.1, 0.15) is 11.5 Å². The smallest absolute Gasteiger partial charge is 0.322 e. The summed E-state index contributed by atoms with van der Waals surface area (Å²) in [6, 6.07) is 12.8. The van der Waals surface area contributed by atoms with Crippen molar-refractivity contribution < 1.29 is 14.3 Å². The first-order chi connectivity index (χ1) is 12.7. The van der Waals surface area contributed by atoms with Gasteiger partial charge in [0.2, 0.25) is 0 Å². The molecule has 5 heteroatoms. The van der Waals surface area contributed by atoms with E-state index in [2.05, 4.69) is 11.2 Å². The van der Waals surface area contributed by atoms with Gasteiger partial charge in [0.25, 0.3) is 0 Å². The van der Waals surface area contributed by atoms with Gasteiger partial charge < -0.3 is 19.7 Å². The zero-order valence-corrected chi connectivity index (χ0v) is 15.0. The van der Waals surface area contributed by atoms with Gasteiger partial charge in [-0.3, -0.25) is 0 Å². The predicted octanol–water partition coefficient (Wildman–Crippen LogP) is 4.05. The number of ether oxygens (including phenoxy) is 2. The first-order valence-electron chi connectivity index (χ1n) is 8.52. The minimum Gasteiger partial charge on any atom is -0.497 e. The third kappa shape index (κ3) is 3.60. The van der Waals surface area contributed by atoms with Crippen LogP contribution in [0.4, 0.5) is 10.5 Å². The number of carbonyl (C=O) groups is 1. The molecule has 2 aromatic carbocycles. The molecule has 2 aromatic rings. The van der Waals surface area contributed by atoms with Gasteiger partial charge >= 0.3 is 6.03 Å². The van der Waals surface area contributed by atoms with Crippen molar-refractivity contribution in [2.24, 2.45) is 0 Å². The fraction of sp³-hybridized carbons (Fsp3) is 0.286. The van der Waals surface area contributed by atoms with E-state index >= 15 is 0 Å². The molecular formula is C21H22N2O3. The Morgan fingerprint density at radius 3 is 2.81 bits per heavy atom. The van der Waals surface area contributed by atoms with Crippen molar-refractivity contribution in [2.45, 2.75) is 18.9 Å². The molecule has 0 aromatic heterocycles. The monoisotopic (exact) mass is 350 g/mol. The number of urea groups is 1. The van der Waals surface area contributed by atoms with Crippen LogP contribution in [-0.4, -0.2) is 31.7 Å². The van der Waals surface area contributed by atoms with Crippen LogP contribution < -0.4 is 14.8 Å². The van der Waals surface area contributed by atoms with E-state index in [4.69, 9.17) is 15.9 Å². The summed E-state index contributed by atoms with van der Waals surface area (Å²) in [5.41, 5.74) is 2.41. The molecule has 1 atom stereocenters. The van der Waals surface area contributed by atoms with Crippen LogP contribution in [0.5, 0.6) is 11.5 Å². The zero-order valence-electron chi connectivity index (χ0n) is 15.0. The Hall–Kier alpha value is -3.13. The fourth-order valence-electron chi connectivity index (χ4n) is 3.31. The van der Waals surface area contributed by atoms with Crippen LogP contribution in [0.1, 0.15) is 30.0 Å². The second-order valence-electron chi connectivity index (χ2n) is 6.11. The normalized spacial score (nSPS) is 16.0. The summed E-state index contributed by atoms with van der Waals surface area (Å²) < 4.78 is 10.8. The van der Waals surface area contributed by atoms with Gasteiger partial charge in [0.15, 0.2) is 0 Å². The lowest BCUT2D eigenvalue weighted by Crippen LogP contribution is -2.34. The van der Waals surface area contributed by atoms with E-state index in [1.54, 1.807) is 20.3 Å². The number of nitrogens with one attached hydrogen (secondary N) is 1. The van der Waals surface area contributed by atoms with Gasteiger partial charge in [0, 0.05) is 29.4 Å².